The van der Waals surface area contributed by atoms with E-state index in [1.807, 2.05) is 38.1 Å². The quantitative estimate of drug-likeness (QED) is 0.760. The van der Waals surface area contributed by atoms with Crippen molar-refractivity contribution in [1.29, 1.82) is 0 Å². The molecule has 5 nitrogen and oxygen atoms in total. The Labute approximate surface area is 132 Å². The highest BCUT2D eigenvalue weighted by Crippen LogP contribution is 2.15. The van der Waals surface area contributed by atoms with Gasteiger partial charge in [0, 0.05) is 17.8 Å². The Hall–Kier alpha value is -1.88. The zero-order valence-electron chi connectivity index (χ0n) is 13.7. The van der Waals surface area contributed by atoms with E-state index in [2.05, 4.69) is 10.2 Å². The maximum Gasteiger partial charge on any atom is 0.278 e. The minimum absolute atomic E-state index is 0.00203. The molecule has 0 radical (unpaired) electrons. The fourth-order valence-corrected chi connectivity index (χ4v) is 2.90. The monoisotopic (exact) mass is 304 g/mol. The van der Waals surface area contributed by atoms with E-state index >= 15 is 0 Å². The largest absolute Gasteiger partial charge is 0.360 e. The molecule has 120 valence electrons. The van der Waals surface area contributed by atoms with Gasteiger partial charge in [-0.3, -0.25) is 9.59 Å². The first-order valence-corrected chi connectivity index (χ1v) is 8.01. The maximum atomic E-state index is 11.9. The molecule has 1 fully saturated rings. The second kappa shape index (κ2) is 7.40. The van der Waals surface area contributed by atoms with Crippen LogP contribution in [0.3, 0.4) is 0 Å². The molecule has 1 heterocycles. The van der Waals surface area contributed by atoms with Crippen LogP contribution >= 0.6 is 0 Å². The highest BCUT2D eigenvalue weighted by molar-refractivity contribution is 5.94. The number of carbonyl (C=O) groups is 2. The summed E-state index contributed by atoms with van der Waals surface area (Å²) in [7, 11) is 0. The number of piperazine rings is 1. The Kier molecular flexibility index (Phi) is 5.55. The molecule has 2 N–H and O–H groups in total. The molecule has 1 aliphatic heterocycles. The SMILES string of the molecule is CCNC(=O)[C@@H](C)[NH+]1CCN(c2ccc(C(C)=O)cc2)CC1. The van der Waals surface area contributed by atoms with Crippen LogP contribution in [-0.4, -0.2) is 50.5 Å². The number of Topliss-reactive ketones (excluding diaryl/α,β-unsaturated/α-hetero) is 1. The summed E-state index contributed by atoms with van der Waals surface area (Å²) in [6.45, 7) is 9.97. The van der Waals surface area contributed by atoms with Gasteiger partial charge in [0.25, 0.3) is 5.91 Å². The van der Waals surface area contributed by atoms with Gasteiger partial charge in [-0.1, -0.05) is 0 Å². The van der Waals surface area contributed by atoms with Crippen molar-refractivity contribution in [1.82, 2.24) is 5.32 Å². The van der Waals surface area contributed by atoms with E-state index in [1.165, 1.54) is 4.90 Å². The van der Waals surface area contributed by atoms with Gasteiger partial charge in [0.1, 0.15) is 0 Å². The third kappa shape index (κ3) is 3.85. The summed E-state index contributed by atoms with van der Waals surface area (Å²) in [5.41, 5.74) is 1.90. The zero-order valence-corrected chi connectivity index (χ0v) is 13.7. The number of amides is 1. The lowest BCUT2D eigenvalue weighted by Crippen LogP contribution is -3.19. The maximum absolute atomic E-state index is 11.9. The Morgan fingerprint density at radius 2 is 1.82 bits per heavy atom. The Bertz CT molecular complexity index is 519. The number of ketones is 1. The fraction of sp³-hybridized carbons (Fsp3) is 0.529. The molecule has 1 atom stereocenters. The average molecular weight is 304 g/mol. The lowest BCUT2D eigenvalue weighted by molar-refractivity contribution is -0.914. The van der Waals surface area contributed by atoms with Gasteiger partial charge in [-0.05, 0) is 45.0 Å². The van der Waals surface area contributed by atoms with E-state index < -0.39 is 0 Å². The molecule has 1 aliphatic rings. The van der Waals surface area contributed by atoms with Gasteiger partial charge >= 0.3 is 0 Å². The summed E-state index contributed by atoms with van der Waals surface area (Å²) in [6, 6.07) is 7.79. The highest BCUT2D eigenvalue weighted by Gasteiger charge is 2.28. The van der Waals surface area contributed by atoms with Gasteiger partial charge in [0.05, 0.1) is 26.2 Å². The summed E-state index contributed by atoms with van der Waals surface area (Å²) >= 11 is 0. The predicted molar refractivity (Wildman–Crippen MR) is 87.5 cm³/mol. The molecule has 22 heavy (non-hydrogen) atoms. The lowest BCUT2D eigenvalue weighted by atomic mass is 10.1. The molecule has 0 saturated carbocycles. The Morgan fingerprint density at radius 1 is 1.23 bits per heavy atom. The summed E-state index contributed by atoms with van der Waals surface area (Å²) in [6.07, 6.45) is 0. The van der Waals surface area contributed by atoms with E-state index in [0.717, 1.165) is 37.4 Å². The first-order valence-electron chi connectivity index (χ1n) is 8.01. The molecule has 1 saturated heterocycles. The van der Waals surface area contributed by atoms with Gasteiger partial charge in [0.2, 0.25) is 0 Å². The normalized spacial score (nSPS) is 17.1. The van der Waals surface area contributed by atoms with Crippen LogP contribution in [0.25, 0.3) is 0 Å². The van der Waals surface area contributed by atoms with Crippen LogP contribution in [-0.2, 0) is 4.79 Å². The second-order valence-electron chi connectivity index (χ2n) is 5.86. The third-order valence-corrected chi connectivity index (χ3v) is 4.40. The van der Waals surface area contributed by atoms with Crippen molar-refractivity contribution in [2.45, 2.75) is 26.8 Å². The molecule has 1 aromatic rings. The van der Waals surface area contributed by atoms with Gasteiger partial charge in [-0.25, -0.2) is 0 Å². The van der Waals surface area contributed by atoms with Crippen molar-refractivity contribution in [3.63, 3.8) is 0 Å². The molecule has 1 aromatic carbocycles. The van der Waals surface area contributed by atoms with Gasteiger partial charge in [-0.15, -0.1) is 0 Å². The van der Waals surface area contributed by atoms with Crippen LogP contribution < -0.4 is 15.1 Å². The van der Waals surface area contributed by atoms with Crippen molar-refractivity contribution in [3.8, 4) is 0 Å². The van der Waals surface area contributed by atoms with Crippen LogP contribution in [0.15, 0.2) is 24.3 Å². The molecule has 0 bridgehead atoms. The van der Waals surface area contributed by atoms with Crippen LogP contribution in [0.5, 0.6) is 0 Å². The fourth-order valence-electron chi connectivity index (χ4n) is 2.90. The van der Waals surface area contributed by atoms with E-state index in [-0.39, 0.29) is 17.7 Å². The van der Waals surface area contributed by atoms with Crippen molar-refractivity contribution >= 4 is 17.4 Å². The first-order chi connectivity index (χ1) is 10.5. The molecule has 1 amide bonds. The van der Waals surface area contributed by atoms with Crippen molar-refractivity contribution < 1.29 is 14.5 Å². The highest BCUT2D eigenvalue weighted by atomic mass is 16.2. The lowest BCUT2D eigenvalue weighted by Gasteiger charge is -2.36. The molecule has 2 rings (SSSR count). The van der Waals surface area contributed by atoms with Crippen LogP contribution in [0, 0.1) is 0 Å². The van der Waals surface area contributed by atoms with Gasteiger partial charge in [-0.2, -0.15) is 0 Å². The summed E-state index contributed by atoms with van der Waals surface area (Å²) < 4.78 is 0. The molecular weight excluding hydrogens is 278 g/mol. The summed E-state index contributed by atoms with van der Waals surface area (Å²) in [4.78, 5) is 26.9. The van der Waals surface area contributed by atoms with Gasteiger partial charge in [0.15, 0.2) is 11.8 Å². The number of carbonyl (C=O) groups excluding carboxylic acids is 2. The first kappa shape index (κ1) is 16.5. The molecular formula is C17H26N3O2+. The number of hydrogen-bond donors (Lipinski definition) is 2. The summed E-state index contributed by atoms with van der Waals surface area (Å²) in [5, 5.41) is 2.90. The molecule has 0 aliphatic carbocycles. The number of quaternary nitrogens is 1. The Morgan fingerprint density at radius 3 is 2.32 bits per heavy atom. The van der Waals surface area contributed by atoms with E-state index in [9.17, 15) is 9.59 Å². The second-order valence-corrected chi connectivity index (χ2v) is 5.86. The number of anilines is 1. The predicted octanol–water partition coefficient (Wildman–Crippen LogP) is 0.119. The molecule has 0 spiro atoms. The average Bonchev–Trinajstić information content (AvgIpc) is 2.54. The molecule has 0 aromatic heterocycles. The van der Waals surface area contributed by atoms with Crippen molar-refractivity contribution in [3.05, 3.63) is 29.8 Å². The third-order valence-electron chi connectivity index (χ3n) is 4.40. The number of nitrogens with zero attached hydrogens (tertiary/aromatic N) is 1. The van der Waals surface area contributed by atoms with Crippen LogP contribution in [0.4, 0.5) is 5.69 Å². The topological polar surface area (TPSA) is 53.9 Å². The van der Waals surface area contributed by atoms with Crippen LogP contribution in [0.2, 0.25) is 0 Å². The Balaban J connectivity index is 1.91. The van der Waals surface area contributed by atoms with Crippen molar-refractivity contribution in [2.24, 2.45) is 0 Å². The number of likely N-dealkylation sites (N-methyl/N-ethyl adjacent to an activating group) is 1. The van der Waals surface area contributed by atoms with E-state index in [4.69, 9.17) is 0 Å². The van der Waals surface area contributed by atoms with E-state index in [0.29, 0.717) is 6.54 Å². The van der Waals surface area contributed by atoms with Crippen LogP contribution in [0.1, 0.15) is 31.1 Å². The zero-order chi connectivity index (χ0) is 16.1. The van der Waals surface area contributed by atoms with Gasteiger partial charge < -0.3 is 15.1 Å². The van der Waals surface area contributed by atoms with E-state index in [1.54, 1.807) is 6.92 Å². The molecule has 5 heteroatoms. The minimum Gasteiger partial charge on any atom is -0.360 e. The number of rotatable bonds is 5. The standard InChI is InChI=1S/C17H25N3O2/c1-4-18-17(22)13(2)19-9-11-20(12-10-19)16-7-5-15(6-8-16)14(3)21/h5-8,13H,4,9-12H2,1-3H3,(H,18,22)/p+1/t13-/m1/s1. The smallest absolute Gasteiger partial charge is 0.278 e. The number of nitrogens with one attached hydrogen (secondary N) is 2. The van der Waals surface area contributed by atoms with Crippen molar-refractivity contribution in [2.75, 3.05) is 37.6 Å². The minimum atomic E-state index is 0.00203. The number of hydrogen-bond acceptors (Lipinski definition) is 3. The number of benzene rings is 1. The summed E-state index contributed by atoms with van der Waals surface area (Å²) in [5.74, 6) is 0.230. The molecule has 0 unspecified atom stereocenters.